The summed E-state index contributed by atoms with van der Waals surface area (Å²) in [6.45, 7) is -0.499. The van der Waals surface area contributed by atoms with Crippen LogP contribution >= 0.6 is 11.3 Å². The van der Waals surface area contributed by atoms with Gasteiger partial charge in [0.25, 0.3) is 5.91 Å². The van der Waals surface area contributed by atoms with Crippen LogP contribution in [-0.4, -0.2) is 30.6 Å². The van der Waals surface area contributed by atoms with Crippen LogP contribution < -0.4 is 10.6 Å². The van der Waals surface area contributed by atoms with E-state index in [0.29, 0.717) is 0 Å². The largest absolute Gasteiger partial charge is 0.452 e. The highest BCUT2D eigenvalue weighted by atomic mass is 32.1. The topological polar surface area (TPSA) is 84.5 Å². The third-order valence-electron chi connectivity index (χ3n) is 4.36. The van der Waals surface area contributed by atoms with Gasteiger partial charge in [-0.2, -0.15) is 0 Å². The first-order chi connectivity index (χ1) is 13.6. The van der Waals surface area contributed by atoms with Crippen molar-refractivity contribution < 1.29 is 19.1 Å². The highest BCUT2D eigenvalue weighted by molar-refractivity contribution is 7.16. The Hall–Kier alpha value is -2.93. The number of carbonyl (C=O) groups excluding carboxylic acids is 3. The van der Waals surface area contributed by atoms with Gasteiger partial charge < -0.3 is 10.1 Å². The zero-order valence-electron chi connectivity index (χ0n) is 15.4. The summed E-state index contributed by atoms with van der Waals surface area (Å²) in [4.78, 5) is 37.2. The number of rotatable bonds is 6. The Morgan fingerprint density at radius 3 is 2.57 bits per heavy atom. The molecule has 28 heavy (non-hydrogen) atoms. The number of urea groups is 1. The predicted octanol–water partition coefficient (Wildman–Crippen LogP) is 3.74. The number of esters is 1. The molecule has 0 atom stereocenters. The first-order valence-corrected chi connectivity index (χ1v) is 10.0. The molecule has 1 fully saturated rings. The maximum Gasteiger partial charge on any atom is 0.331 e. The average molecular weight is 398 g/mol. The molecule has 0 spiro atoms. The van der Waals surface area contributed by atoms with Crippen molar-refractivity contribution in [1.82, 2.24) is 10.6 Å². The van der Waals surface area contributed by atoms with Gasteiger partial charge in [0, 0.05) is 21.9 Å². The normalized spacial score (nSPS) is 14.1. The Bertz CT molecular complexity index is 854. The van der Waals surface area contributed by atoms with Gasteiger partial charge in [-0.05, 0) is 36.6 Å². The molecular weight excluding hydrogens is 376 g/mol. The molecule has 7 heteroatoms. The van der Waals surface area contributed by atoms with E-state index in [-0.39, 0.29) is 6.04 Å². The van der Waals surface area contributed by atoms with E-state index in [1.807, 2.05) is 42.5 Å². The Balaban J connectivity index is 1.40. The minimum Gasteiger partial charge on any atom is -0.452 e. The summed E-state index contributed by atoms with van der Waals surface area (Å²) in [5, 5.41) is 4.91. The van der Waals surface area contributed by atoms with Crippen molar-refractivity contribution in [2.75, 3.05) is 6.61 Å². The molecule has 2 N–H and O–H groups in total. The van der Waals surface area contributed by atoms with Crippen LogP contribution in [0.15, 0.2) is 48.5 Å². The van der Waals surface area contributed by atoms with Crippen LogP contribution in [-0.2, 0) is 14.3 Å². The predicted molar refractivity (Wildman–Crippen MR) is 109 cm³/mol. The van der Waals surface area contributed by atoms with Crippen molar-refractivity contribution >= 4 is 35.3 Å². The number of thiophene rings is 1. The maximum atomic E-state index is 11.8. The molecule has 1 heterocycles. The number of amides is 3. The van der Waals surface area contributed by atoms with E-state index >= 15 is 0 Å². The molecular formula is C21H22N2O4S. The van der Waals surface area contributed by atoms with Gasteiger partial charge in [0.05, 0.1) is 0 Å². The summed E-state index contributed by atoms with van der Waals surface area (Å²) < 4.78 is 4.87. The molecule has 0 radical (unpaired) electrons. The lowest BCUT2D eigenvalue weighted by atomic mass is 10.2. The fourth-order valence-electron chi connectivity index (χ4n) is 2.99. The quantitative estimate of drug-likeness (QED) is 0.573. The third kappa shape index (κ3) is 6.06. The standard InChI is InChI=1S/C21H22N2O4S/c24-19(23-21(26)22-16-8-4-5-9-16)14-27-20(25)13-11-17-10-12-18(28-17)15-6-2-1-3-7-15/h1-3,6-7,10-13,16H,4-5,8-9,14H2,(H2,22,23,24,26)/b13-11+. The highest BCUT2D eigenvalue weighted by Gasteiger charge is 2.18. The molecule has 1 saturated carbocycles. The van der Waals surface area contributed by atoms with Crippen molar-refractivity contribution in [3.63, 3.8) is 0 Å². The van der Waals surface area contributed by atoms with E-state index in [9.17, 15) is 14.4 Å². The molecule has 3 amide bonds. The lowest BCUT2D eigenvalue weighted by molar-refractivity contribution is -0.143. The molecule has 1 aromatic carbocycles. The molecule has 1 aromatic heterocycles. The molecule has 1 aliphatic carbocycles. The lowest BCUT2D eigenvalue weighted by Gasteiger charge is -2.12. The number of imide groups is 1. The minimum absolute atomic E-state index is 0.116. The summed E-state index contributed by atoms with van der Waals surface area (Å²) in [6, 6.07) is 13.4. The van der Waals surface area contributed by atoms with E-state index in [2.05, 4.69) is 10.6 Å². The number of ether oxygens (including phenoxy) is 1. The second-order valence-corrected chi connectivity index (χ2v) is 7.63. The van der Waals surface area contributed by atoms with Gasteiger partial charge in [-0.25, -0.2) is 9.59 Å². The van der Waals surface area contributed by atoms with Gasteiger partial charge in [0.1, 0.15) is 0 Å². The van der Waals surface area contributed by atoms with E-state index in [4.69, 9.17) is 4.74 Å². The molecule has 0 unspecified atom stereocenters. The Labute approximate surface area is 167 Å². The Kier molecular flexibility index (Phi) is 6.97. The number of hydrogen-bond acceptors (Lipinski definition) is 5. The van der Waals surface area contributed by atoms with Crippen LogP contribution in [0.4, 0.5) is 4.79 Å². The molecule has 146 valence electrons. The molecule has 0 aliphatic heterocycles. The first kappa shape index (κ1) is 19.8. The Morgan fingerprint density at radius 2 is 1.82 bits per heavy atom. The molecule has 6 nitrogen and oxygen atoms in total. The number of benzene rings is 1. The molecule has 1 aliphatic rings. The third-order valence-corrected chi connectivity index (χ3v) is 5.46. The van der Waals surface area contributed by atoms with E-state index in [0.717, 1.165) is 41.0 Å². The van der Waals surface area contributed by atoms with Gasteiger partial charge >= 0.3 is 12.0 Å². The molecule has 2 aromatic rings. The maximum absolute atomic E-state index is 11.8. The summed E-state index contributed by atoms with van der Waals surface area (Å²) in [5.74, 6) is -1.29. The van der Waals surface area contributed by atoms with Crippen LogP contribution in [0, 0.1) is 0 Å². The number of hydrogen-bond donors (Lipinski definition) is 2. The van der Waals surface area contributed by atoms with Gasteiger partial charge in [0.15, 0.2) is 6.61 Å². The van der Waals surface area contributed by atoms with Crippen LogP contribution in [0.2, 0.25) is 0 Å². The van der Waals surface area contributed by atoms with E-state index in [1.54, 1.807) is 17.4 Å². The highest BCUT2D eigenvalue weighted by Crippen LogP contribution is 2.28. The summed E-state index contributed by atoms with van der Waals surface area (Å²) >= 11 is 1.55. The van der Waals surface area contributed by atoms with Gasteiger partial charge in [-0.1, -0.05) is 43.2 Å². The summed E-state index contributed by atoms with van der Waals surface area (Å²) in [7, 11) is 0. The SMILES string of the molecule is O=C(COC(=O)/C=C/c1ccc(-c2ccccc2)s1)NC(=O)NC1CCCC1. The fourth-order valence-corrected chi connectivity index (χ4v) is 3.91. The van der Waals surface area contributed by atoms with Crippen LogP contribution in [0.5, 0.6) is 0 Å². The van der Waals surface area contributed by atoms with Crippen LogP contribution in [0.1, 0.15) is 30.6 Å². The second-order valence-electron chi connectivity index (χ2n) is 6.51. The molecule has 3 rings (SSSR count). The van der Waals surface area contributed by atoms with Crippen molar-refractivity contribution in [2.45, 2.75) is 31.7 Å². The van der Waals surface area contributed by atoms with Crippen LogP contribution in [0.3, 0.4) is 0 Å². The van der Waals surface area contributed by atoms with Crippen molar-refractivity contribution in [2.24, 2.45) is 0 Å². The number of nitrogens with one attached hydrogen (secondary N) is 2. The first-order valence-electron chi connectivity index (χ1n) is 9.20. The fraction of sp³-hybridized carbons (Fsp3) is 0.286. The molecule has 0 bridgehead atoms. The zero-order chi connectivity index (χ0) is 19.8. The molecule has 0 saturated heterocycles. The van der Waals surface area contributed by atoms with Crippen molar-refractivity contribution in [1.29, 1.82) is 0 Å². The average Bonchev–Trinajstić information content (AvgIpc) is 3.37. The minimum atomic E-state index is -0.653. The van der Waals surface area contributed by atoms with E-state index in [1.165, 1.54) is 6.08 Å². The van der Waals surface area contributed by atoms with Gasteiger partial charge in [-0.15, -0.1) is 11.3 Å². The summed E-state index contributed by atoms with van der Waals surface area (Å²) in [5.41, 5.74) is 1.11. The van der Waals surface area contributed by atoms with Crippen LogP contribution in [0.25, 0.3) is 16.5 Å². The van der Waals surface area contributed by atoms with Gasteiger partial charge in [0.2, 0.25) is 0 Å². The zero-order valence-corrected chi connectivity index (χ0v) is 16.2. The van der Waals surface area contributed by atoms with Crippen molar-refractivity contribution in [3.05, 3.63) is 53.4 Å². The van der Waals surface area contributed by atoms with Crippen molar-refractivity contribution in [3.8, 4) is 10.4 Å². The lowest BCUT2D eigenvalue weighted by Crippen LogP contribution is -2.44. The van der Waals surface area contributed by atoms with E-state index < -0.39 is 24.5 Å². The monoisotopic (exact) mass is 398 g/mol. The summed E-state index contributed by atoms with van der Waals surface area (Å²) in [6.07, 6.45) is 6.93. The second kappa shape index (κ2) is 9.85. The number of carbonyl (C=O) groups is 3. The van der Waals surface area contributed by atoms with Gasteiger partial charge in [-0.3, -0.25) is 10.1 Å². The Morgan fingerprint density at radius 1 is 1.07 bits per heavy atom. The smallest absolute Gasteiger partial charge is 0.331 e.